The van der Waals surface area contributed by atoms with Gasteiger partial charge in [-0.2, -0.15) is 4.37 Å². The largest absolute Gasteiger partial charge is 0.380 e. The Morgan fingerprint density at radius 3 is 2.89 bits per heavy atom. The molecular weight excluding hydrogens is 284 g/mol. The fraction of sp³-hybridized carbons (Fsp3) is 0.273. The van der Waals surface area contributed by atoms with Gasteiger partial charge in [0.1, 0.15) is 11.5 Å². The summed E-state index contributed by atoms with van der Waals surface area (Å²) in [5.41, 5.74) is 0.612. The molecule has 1 heterocycles. The van der Waals surface area contributed by atoms with E-state index in [0.29, 0.717) is 27.3 Å². The summed E-state index contributed by atoms with van der Waals surface area (Å²) in [6.07, 6.45) is 0. The number of benzene rings is 1. The molecule has 19 heavy (non-hydrogen) atoms. The minimum atomic E-state index is -0.367. The summed E-state index contributed by atoms with van der Waals surface area (Å²) in [6, 6.07) is 5.22. The molecule has 0 aliphatic carbocycles. The maximum absolute atomic E-state index is 11.2. The van der Waals surface area contributed by atoms with Crippen LogP contribution in [0.15, 0.2) is 27.4 Å². The van der Waals surface area contributed by atoms with Gasteiger partial charge in [-0.25, -0.2) is 4.98 Å². The van der Waals surface area contributed by atoms with E-state index in [2.05, 4.69) is 14.7 Å². The van der Waals surface area contributed by atoms with Gasteiger partial charge in [0.25, 0.3) is 0 Å². The van der Waals surface area contributed by atoms with Crippen LogP contribution in [0.2, 0.25) is 0 Å². The Hall–Kier alpha value is -1.67. The Morgan fingerprint density at radius 2 is 2.32 bits per heavy atom. The van der Waals surface area contributed by atoms with Crippen molar-refractivity contribution in [1.82, 2.24) is 9.36 Å². The summed E-state index contributed by atoms with van der Waals surface area (Å²) >= 11 is 2.51. The molecule has 0 aliphatic rings. The number of rotatable bonds is 5. The zero-order chi connectivity index (χ0) is 13.8. The number of nitrogens with zero attached hydrogens (tertiary/aromatic N) is 3. The highest BCUT2D eigenvalue weighted by Gasteiger charge is 2.21. The lowest BCUT2D eigenvalue weighted by Crippen LogP contribution is -2.02. The van der Waals surface area contributed by atoms with Crippen molar-refractivity contribution in [3.05, 3.63) is 34.1 Å². The van der Waals surface area contributed by atoms with Crippen LogP contribution in [0.5, 0.6) is 0 Å². The zero-order valence-corrected chi connectivity index (χ0v) is 12.0. The maximum Gasteiger partial charge on any atom is 0.306 e. The first-order valence-electron chi connectivity index (χ1n) is 5.61. The SMILES string of the molecule is CCNc1cccc(Sc2nc(C)ns2)c1[N+](=O)[O-]. The van der Waals surface area contributed by atoms with Gasteiger partial charge in [-0.05, 0) is 37.5 Å². The standard InChI is InChI=1S/C11H12N4O2S2/c1-3-12-8-5-4-6-9(10(8)15(16)17)18-11-13-7(2)14-19-11/h4-6,12H,3H2,1-2H3. The average Bonchev–Trinajstić information content (AvgIpc) is 2.75. The molecule has 0 spiro atoms. The van der Waals surface area contributed by atoms with E-state index >= 15 is 0 Å². The molecule has 0 saturated heterocycles. The molecule has 100 valence electrons. The topological polar surface area (TPSA) is 81.0 Å². The summed E-state index contributed by atoms with van der Waals surface area (Å²) in [5.74, 6) is 0.679. The van der Waals surface area contributed by atoms with Crippen molar-refractivity contribution in [2.24, 2.45) is 0 Å². The Labute approximate surface area is 118 Å². The van der Waals surface area contributed by atoms with E-state index in [1.54, 1.807) is 25.1 Å². The Balaban J connectivity index is 2.38. The van der Waals surface area contributed by atoms with Gasteiger partial charge in [-0.3, -0.25) is 10.1 Å². The molecule has 0 unspecified atom stereocenters. The van der Waals surface area contributed by atoms with Gasteiger partial charge in [0.2, 0.25) is 0 Å². The van der Waals surface area contributed by atoms with Crippen molar-refractivity contribution in [1.29, 1.82) is 0 Å². The number of nitrogens with one attached hydrogen (secondary N) is 1. The van der Waals surface area contributed by atoms with E-state index in [-0.39, 0.29) is 10.6 Å². The summed E-state index contributed by atoms with van der Waals surface area (Å²) in [4.78, 5) is 15.6. The molecule has 1 aromatic carbocycles. The molecular formula is C11H12N4O2S2. The third kappa shape index (κ3) is 3.21. The molecule has 2 rings (SSSR count). The maximum atomic E-state index is 11.2. The smallest absolute Gasteiger partial charge is 0.306 e. The van der Waals surface area contributed by atoms with Gasteiger partial charge in [-0.15, -0.1) is 0 Å². The summed E-state index contributed by atoms with van der Waals surface area (Å²) in [5, 5.41) is 14.2. The highest BCUT2D eigenvalue weighted by Crippen LogP contribution is 2.39. The van der Waals surface area contributed by atoms with Crippen LogP contribution in [0, 0.1) is 17.0 Å². The second-order valence-electron chi connectivity index (χ2n) is 3.65. The Kier molecular flexibility index (Phi) is 4.33. The Morgan fingerprint density at radius 1 is 1.53 bits per heavy atom. The normalized spacial score (nSPS) is 10.4. The number of para-hydroxylation sites is 1. The number of aryl methyl sites for hydroxylation is 1. The van der Waals surface area contributed by atoms with E-state index < -0.39 is 0 Å². The van der Waals surface area contributed by atoms with Crippen LogP contribution >= 0.6 is 23.3 Å². The Bertz CT molecular complexity index is 600. The number of nitro benzene ring substituents is 1. The minimum absolute atomic E-state index is 0.0854. The van der Waals surface area contributed by atoms with Gasteiger partial charge >= 0.3 is 5.69 Å². The van der Waals surface area contributed by atoms with E-state index in [1.165, 1.54) is 23.3 Å². The molecule has 2 aromatic rings. The van der Waals surface area contributed by atoms with Crippen LogP contribution < -0.4 is 5.32 Å². The highest BCUT2D eigenvalue weighted by atomic mass is 32.2. The van der Waals surface area contributed by atoms with Crippen molar-refractivity contribution in [3.8, 4) is 0 Å². The van der Waals surface area contributed by atoms with Crippen LogP contribution in [0.1, 0.15) is 12.7 Å². The van der Waals surface area contributed by atoms with Crippen LogP contribution in [0.4, 0.5) is 11.4 Å². The lowest BCUT2D eigenvalue weighted by atomic mass is 10.2. The summed E-state index contributed by atoms with van der Waals surface area (Å²) in [7, 11) is 0. The number of hydrogen-bond acceptors (Lipinski definition) is 7. The number of anilines is 1. The minimum Gasteiger partial charge on any atom is -0.380 e. The predicted octanol–water partition coefficient (Wildman–Crippen LogP) is 3.34. The molecule has 0 fully saturated rings. The van der Waals surface area contributed by atoms with E-state index in [9.17, 15) is 10.1 Å². The van der Waals surface area contributed by atoms with Crippen LogP contribution in [0.25, 0.3) is 0 Å². The number of hydrogen-bond donors (Lipinski definition) is 1. The molecule has 0 radical (unpaired) electrons. The van der Waals surface area contributed by atoms with Crippen LogP contribution in [-0.2, 0) is 0 Å². The molecule has 6 nitrogen and oxygen atoms in total. The van der Waals surface area contributed by atoms with Gasteiger partial charge in [-0.1, -0.05) is 17.8 Å². The van der Waals surface area contributed by atoms with Gasteiger partial charge in [0, 0.05) is 6.54 Å². The highest BCUT2D eigenvalue weighted by molar-refractivity contribution is 8.01. The molecule has 1 aromatic heterocycles. The predicted molar refractivity (Wildman–Crippen MR) is 76.0 cm³/mol. The van der Waals surface area contributed by atoms with E-state index in [1.807, 2.05) is 6.92 Å². The average molecular weight is 296 g/mol. The van der Waals surface area contributed by atoms with Crippen molar-refractivity contribution in [3.63, 3.8) is 0 Å². The number of nitro groups is 1. The molecule has 0 atom stereocenters. The first kappa shape index (κ1) is 13.8. The van der Waals surface area contributed by atoms with Crippen LogP contribution in [0.3, 0.4) is 0 Å². The van der Waals surface area contributed by atoms with Crippen molar-refractivity contribution < 1.29 is 4.92 Å². The molecule has 8 heteroatoms. The third-order valence-corrected chi connectivity index (χ3v) is 4.15. The first-order chi connectivity index (χ1) is 9.11. The second-order valence-corrected chi connectivity index (χ2v) is 5.69. The van der Waals surface area contributed by atoms with Crippen LogP contribution in [-0.4, -0.2) is 20.8 Å². The summed E-state index contributed by atoms with van der Waals surface area (Å²) < 4.78 is 4.77. The van der Waals surface area contributed by atoms with Gasteiger partial charge in [0.15, 0.2) is 4.34 Å². The van der Waals surface area contributed by atoms with E-state index in [0.717, 1.165) is 0 Å². The fourth-order valence-corrected chi connectivity index (χ4v) is 3.29. The molecule has 0 amide bonds. The summed E-state index contributed by atoms with van der Waals surface area (Å²) in [6.45, 7) is 4.33. The third-order valence-electron chi connectivity index (χ3n) is 2.26. The van der Waals surface area contributed by atoms with Gasteiger partial charge < -0.3 is 5.32 Å². The lowest BCUT2D eigenvalue weighted by Gasteiger charge is -2.07. The number of aromatic nitrogens is 2. The van der Waals surface area contributed by atoms with Crippen molar-refractivity contribution in [2.75, 3.05) is 11.9 Å². The second kappa shape index (κ2) is 5.98. The molecule has 1 N–H and O–H groups in total. The lowest BCUT2D eigenvalue weighted by molar-refractivity contribution is -0.386. The van der Waals surface area contributed by atoms with Crippen molar-refractivity contribution >= 4 is 34.7 Å². The van der Waals surface area contributed by atoms with E-state index in [4.69, 9.17) is 0 Å². The molecule has 0 bridgehead atoms. The fourth-order valence-electron chi connectivity index (χ4n) is 1.54. The monoisotopic (exact) mass is 296 g/mol. The molecule has 0 aliphatic heterocycles. The zero-order valence-electron chi connectivity index (χ0n) is 10.4. The first-order valence-corrected chi connectivity index (χ1v) is 7.20. The van der Waals surface area contributed by atoms with Gasteiger partial charge in [0.05, 0.1) is 9.82 Å². The quantitative estimate of drug-likeness (QED) is 0.673. The van der Waals surface area contributed by atoms with Crippen molar-refractivity contribution in [2.45, 2.75) is 23.1 Å². The molecule has 0 saturated carbocycles.